The van der Waals surface area contributed by atoms with Crippen molar-refractivity contribution in [2.45, 2.75) is 31.3 Å². The Morgan fingerprint density at radius 3 is 3.08 bits per heavy atom. The van der Waals surface area contributed by atoms with Crippen LogP contribution in [0.25, 0.3) is 0 Å². The first-order chi connectivity index (χ1) is 6.41. The average molecular weight is 175 g/mol. The van der Waals surface area contributed by atoms with Gasteiger partial charge in [0.1, 0.15) is 0 Å². The van der Waals surface area contributed by atoms with Gasteiger partial charge in [0.2, 0.25) is 0 Å². The van der Waals surface area contributed by atoms with Gasteiger partial charge in [-0.15, -0.1) is 0 Å². The van der Waals surface area contributed by atoms with E-state index in [2.05, 4.69) is 11.1 Å². The van der Waals surface area contributed by atoms with Crippen molar-refractivity contribution in [1.82, 2.24) is 4.98 Å². The summed E-state index contributed by atoms with van der Waals surface area (Å²) < 4.78 is 5.90. The molecule has 13 heavy (non-hydrogen) atoms. The van der Waals surface area contributed by atoms with Crippen molar-refractivity contribution in [2.75, 3.05) is 6.61 Å². The molecule has 1 aliphatic carbocycles. The third-order valence-electron chi connectivity index (χ3n) is 3.31. The van der Waals surface area contributed by atoms with E-state index in [-0.39, 0.29) is 5.60 Å². The molecule has 0 radical (unpaired) electrons. The Bertz CT molecular complexity index is 331. The summed E-state index contributed by atoms with van der Waals surface area (Å²) in [6.45, 7) is 0.874. The van der Waals surface area contributed by atoms with Gasteiger partial charge in [-0.2, -0.15) is 0 Å². The lowest BCUT2D eigenvalue weighted by molar-refractivity contribution is -0.115. The molecule has 0 N–H and O–H groups in total. The number of ether oxygens (including phenoxy) is 1. The normalized spacial score (nSPS) is 23.7. The van der Waals surface area contributed by atoms with Crippen molar-refractivity contribution >= 4 is 0 Å². The molecule has 2 nitrogen and oxygen atoms in total. The fraction of sp³-hybridized carbons (Fsp3) is 0.545. The maximum atomic E-state index is 5.90. The number of rotatable bonds is 0. The maximum absolute atomic E-state index is 5.90. The Kier molecular flexibility index (Phi) is 1.47. The van der Waals surface area contributed by atoms with Crippen LogP contribution in [-0.4, -0.2) is 11.6 Å². The number of hydrogen-bond acceptors (Lipinski definition) is 2. The van der Waals surface area contributed by atoms with Crippen LogP contribution in [0.5, 0.6) is 0 Å². The molecule has 1 aliphatic heterocycles. The Morgan fingerprint density at radius 2 is 2.31 bits per heavy atom. The van der Waals surface area contributed by atoms with Gasteiger partial charge in [-0.3, -0.25) is 4.98 Å². The fourth-order valence-corrected chi connectivity index (χ4v) is 2.42. The largest absolute Gasteiger partial charge is 0.370 e. The van der Waals surface area contributed by atoms with Gasteiger partial charge in [-0.25, -0.2) is 0 Å². The van der Waals surface area contributed by atoms with Gasteiger partial charge < -0.3 is 4.74 Å². The minimum absolute atomic E-state index is 0.0938. The van der Waals surface area contributed by atoms with Crippen LogP contribution < -0.4 is 0 Å². The summed E-state index contributed by atoms with van der Waals surface area (Å²) in [4.78, 5) is 4.17. The van der Waals surface area contributed by atoms with Crippen LogP contribution in [0.1, 0.15) is 30.4 Å². The first-order valence-electron chi connectivity index (χ1n) is 4.98. The Morgan fingerprint density at radius 1 is 1.38 bits per heavy atom. The molecule has 0 saturated heterocycles. The second-order valence-electron chi connectivity index (χ2n) is 3.98. The second-order valence-corrected chi connectivity index (χ2v) is 3.98. The van der Waals surface area contributed by atoms with Crippen LogP contribution in [0.15, 0.2) is 18.5 Å². The molecule has 1 aromatic heterocycles. The van der Waals surface area contributed by atoms with Crippen LogP contribution in [0.2, 0.25) is 0 Å². The summed E-state index contributed by atoms with van der Waals surface area (Å²) in [7, 11) is 0. The zero-order valence-electron chi connectivity index (χ0n) is 7.62. The van der Waals surface area contributed by atoms with Gasteiger partial charge in [0.15, 0.2) is 0 Å². The van der Waals surface area contributed by atoms with E-state index in [1.807, 2.05) is 12.4 Å². The van der Waals surface area contributed by atoms with E-state index in [0.29, 0.717) is 0 Å². The molecule has 2 heteroatoms. The number of nitrogens with zero attached hydrogens (tertiary/aromatic N) is 1. The molecular weight excluding hydrogens is 162 g/mol. The van der Waals surface area contributed by atoms with Crippen molar-refractivity contribution < 1.29 is 4.74 Å². The zero-order valence-corrected chi connectivity index (χ0v) is 7.62. The first kappa shape index (κ1) is 7.51. The van der Waals surface area contributed by atoms with Crippen molar-refractivity contribution in [2.24, 2.45) is 0 Å². The van der Waals surface area contributed by atoms with Crippen molar-refractivity contribution in [1.29, 1.82) is 0 Å². The molecule has 3 rings (SSSR count). The molecule has 1 fully saturated rings. The highest BCUT2D eigenvalue weighted by Gasteiger charge is 2.42. The van der Waals surface area contributed by atoms with Crippen molar-refractivity contribution in [3.8, 4) is 0 Å². The quantitative estimate of drug-likeness (QED) is 0.602. The van der Waals surface area contributed by atoms with E-state index in [1.165, 1.54) is 30.4 Å². The first-order valence-corrected chi connectivity index (χ1v) is 4.98. The fourth-order valence-electron chi connectivity index (χ4n) is 2.42. The molecular formula is C11H13NO. The van der Waals surface area contributed by atoms with E-state index in [9.17, 15) is 0 Å². The summed E-state index contributed by atoms with van der Waals surface area (Å²) in [6, 6.07) is 2.13. The minimum Gasteiger partial charge on any atom is -0.370 e. The van der Waals surface area contributed by atoms with E-state index >= 15 is 0 Å². The lowest BCUT2D eigenvalue weighted by Crippen LogP contribution is -2.41. The van der Waals surface area contributed by atoms with E-state index < -0.39 is 0 Å². The van der Waals surface area contributed by atoms with Crippen molar-refractivity contribution in [3.05, 3.63) is 29.6 Å². The maximum Gasteiger partial charge on any atom is 0.0935 e. The molecule has 1 saturated carbocycles. The zero-order chi connectivity index (χ0) is 8.73. The number of pyridine rings is 1. The number of hydrogen-bond donors (Lipinski definition) is 0. The molecule has 2 heterocycles. The van der Waals surface area contributed by atoms with E-state index in [0.717, 1.165) is 13.0 Å². The predicted molar refractivity (Wildman–Crippen MR) is 49.4 cm³/mol. The topological polar surface area (TPSA) is 22.1 Å². The van der Waals surface area contributed by atoms with Gasteiger partial charge in [0.05, 0.1) is 12.2 Å². The van der Waals surface area contributed by atoms with Gasteiger partial charge in [0, 0.05) is 12.4 Å². The second kappa shape index (κ2) is 2.55. The molecule has 0 amide bonds. The predicted octanol–water partition coefficient (Wildman–Crippen LogP) is 2.03. The van der Waals surface area contributed by atoms with Crippen LogP contribution in [0, 0.1) is 0 Å². The van der Waals surface area contributed by atoms with Crippen LogP contribution in [0.4, 0.5) is 0 Å². The Labute approximate surface area is 77.9 Å². The third-order valence-corrected chi connectivity index (χ3v) is 3.31. The molecule has 0 atom stereocenters. The number of aromatic nitrogens is 1. The lowest BCUT2D eigenvalue weighted by Gasteiger charge is -2.45. The monoisotopic (exact) mass is 175 g/mol. The highest BCUT2D eigenvalue weighted by molar-refractivity contribution is 5.33. The highest BCUT2D eigenvalue weighted by atomic mass is 16.5. The average Bonchev–Trinajstić information content (AvgIpc) is 2.14. The third kappa shape index (κ3) is 0.953. The summed E-state index contributed by atoms with van der Waals surface area (Å²) in [6.07, 6.45) is 8.62. The highest BCUT2D eigenvalue weighted by Crippen LogP contribution is 2.47. The minimum atomic E-state index is 0.0938. The van der Waals surface area contributed by atoms with E-state index in [4.69, 9.17) is 4.74 Å². The standard InChI is InChI=1S/C11H13NO/c1-4-11(5-1)10-2-6-12-8-9(10)3-7-13-11/h2,6,8H,1,3-5,7H2. The van der Waals surface area contributed by atoms with E-state index in [1.54, 1.807) is 0 Å². The Balaban J connectivity index is 2.11. The van der Waals surface area contributed by atoms with Gasteiger partial charge >= 0.3 is 0 Å². The summed E-state index contributed by atoms with van der Waals surface area (Å²) in [5, 5.41) is 0. The summed E-state index contributed by atoms with van der Waals surface area (Å²) in [5.74, 6) is 0. The molecule has 0 bridgehead atoms. The van der Waals surface area contributed by atoms with Gasteiger partial charge in [-0.1, -0.05) is 0 Å². The lowest BCUT2D eigenvalue weighted by atomic mass is 9.72. The molecule has 0 unspecified atom stereocenters. The molecule has 2 aliphatic rings. The van der Waals surface area contributed by atoms with Crippen LogP contribution >= 0.6 is 0 Å². The molecule has 1 spiro atoms. The SMILES string of the molecule is c1cc2c(cn1)CCOC21CCC1. The van der Waals surface area contributed by atoms with Gasteiger partial charge in [-0.05, 0) is 42.9 Å². The summed E-state index contributed by atoms with van der Waals surface area (Å²) >= 11 is 0. The van der Waals surface area contributed by atoms with Crippen LogP contribution in [0.3, 0.4) is 0 Å². The van der Waals surface area contributed by atoms with Crippen molar-refractivity contribution in [3.63, 3.8) is 0 Å². The summed E-state index contributed by atoms with van der Waals surface area (Å²) in [5.41, 5.74) is 2.89. The Hall–Kier alpha value is -0.890. The molecule has 68 valence electrons. The number of fused-ring (bicyclic) bond motifs is 2. The molecule has 1 aromatic rings. The molecule has 0 aromatic carbocycles. The van der Waals surface area contributed by atoms with Gasteiger partial charge in [0.25, 0.3) is 0 Å². The smallest absolute Gasteiger partial charge is 0.0935 e. The van der Waals surface area contributed by atoms with Crippen LogP contribution in [-0.2, 0) is 16.8 Å².